The standard InChI is InChI=1S/2C10H21NO/c2*1-2-3-4-5-6-7-8-9-10(11)12/h2*2-9H2,1H3,(H2,11,12). The van der Waals surface area contributed by atoms with Gasteiger partial charge in [-0.15, -0.1) is 0 Å². The summed E-state index contributed by atoms with van der Waals surface area (Å²) < 4.78 is 0. The molecular formula is C20H42N2O2. The molecule has 0 spiro atoms. The molecule has 0 aromatic rings. The lowest BCUT2D eigenvalue weighted by Crippen LogP contribution is -2.09. The minimum Gasteiger partial charge on any atom is -0.370 e. The molecular weight excluding hydrogens is 300 g/mol. The average molecular weight is 343 g/mol. The van der Waals surface area contributed by atoms with E-state index in [4.69, 9.17) is 11.5 Å². The molecule has 0 fully saturated rings. The van der Waals surface area contributed by atoms with Gasteiger partial charge in [0.15, 0.2) is 0 Å². The first kappa shape index (κ1) is 25.2. The normalized spacial score (nSPS) is 10.1. The molecule has 0 unspecified atom stereocenters. The van der Waals surface area contributed by atoms with E-state index in [0.29, 0.717) is 12.8 Å². The van der Waals surface area contributed by atoms with Gasteiger partial charge in [-0.05, 0) is 12.8 Å². The number of amides is 2. The van der Waals surface area contributed by atoms with Crippen LogP contribution in [0, 0.1) is 0 Å². The summed E-state index contributed by atoms with van der Waals surface area (Å²) in [6.07, 6.45) is 18.5. The van der Waals surface area contributed by atoms with Crippen molar-refractivity contribution in [2.75, 3.05) is 0 Å². The van der Waals surface area contributed by atoms with Crippen LogP contribution in [0.2, 0.25) is 0 Å². The van der Waals surface area contributed by atoms with Crippen LogP contribution in [0.15, 0.2) is 0 Å². The first-order valence-electron chi connectivity index (χ1n) is 10.1. The Hall–Kier alpha value is -1.06. The number of unbranched alkanes of at least 4 members (excludes halogenated alkanes) is 12. The van der Waals surface area contributed by atoms with Crippen molar-refractivity contribution in [3.8, 4) is 0 Å². The van der Waals surface area contributed by atoms with Gasteiger partial charge in [0.1, 0.15) is 0 Å². The molecule has 0 radical (unpaired) electrons. The molecule has 4 heteroatoms. The highest BCUT2D eigenvalue weighted by molar-refractivity contribution is 5.73. The highest BCUT2D eigenvalue weighted by Gasteiger charge is 1.95. The van der Waals surface area contributed by atoms with Gasteiger partial charge in [0.2, 0.25) is 11.8 Å². The topological polar surface area (TPSA) is 86.2 Å². The van der Waals surface area contributed by atoms with Gasteiger partial charge in [-0.2, -0.15) is 0 Å². The predicted molar refractivity (Wildman–Crippen MR) is 104 cm³/mol. The van der Waals surface area contributed by atoms with Gasteiger partial charge in [0, 0.05) is 12.8 Å². The van der Waals surface area contributed by atoms with Gasteiger partial charge < -0.3 is 11.5 Å². The molecule has 4 N–H and O–H groups in total. The number of rotatable bonds is 16. The maximum absolute atomic E-state index is 10.4. The minimum absolute atomic E-state index is 0.163. The molecule has 0 saturated heterocycles. The van der Waals surface area contributed by atoms with E-state index in [1.165, 1.54) is 64.2 Å². The lowest BCUT2D eigenvalue weighted by Gasteiger charge is -1.98. The number of primary amides is 2. The zero-order valence-corrected chi connectivity index (χ0v) is 16.3. The van der Waals surface area contributed by atoms with Crippen LogP contribution in [-0.4, -0.2) is 11.8 Å². The van der Waals surface area contributed by atoms with Crippen molar-refractivity contribution in [1.29, 1.82) is 0 Å². The quantitative estimate of drug-likeness (QED) is 0.376. The van der Waals surface area contributed by atoms with Gasteiger partial charge in [-0.1, -0.05) is 90.9 Å². The molecule has 0 aliphatic heterocycles. The summed E-state index contributed by atoms with van der Waals surface area (Å²) in [5.41, 5.74) is 10.0. The minimum atomic E-state index is -0.163. The zero-order chi connectivity index (χ0) is 18.5. The summed E-state index contributed by atoms with van der Waals surface area (Å²) in [5.74, 6) is -0.327. The van der Waals surface area contributed by atoms with Crippen LogP contribution in [0.1, 0.15) is 117 Å². The summed E-state index contributed by atoms with van der Waals surface area (Å²) in [5, 5.41) is 0. The summed E-state index contributed by atoms with van der Waals surface area (Å²) in [7, 11) is 0. The molecule has 144 valence electrons. The summed E-state index contributed by atoms with van der Waals surface area (Å²) in [6, 6.07) is 0. The molecule has 0 heterocycles. The van der Waals surface area contributed by atoms with Crippen molar-refractivity contribution in [1.82, 2.24) is 0 Å². The maximum Gasteiger partial charge on any atom is 0.217 e. The Morgan fingerprint density at radius 3 is 1.00 bits per heavy atom. The number of hydrogen-bond acceptors (Lipinski definition) is 2. The van der Waals surface area contributed by atoms with Crippen LogP contribution in [0.25, 0.3) is 0 Å². The van der Waals surface area contributed by atoms with E-state index < -0.39 is 0 Å². The van der Waals surface area contributed by atoms with Gasteiger partial charge >= 0.3 is 0 Å². The second-order valence-corrected chi connectivity index (χ2v) is 6.68. The Labute approximate surface area is 150 Å². The first-order chi connectivity index (χ1) is 11.5. The largest absolute Gasteiger partial charge is 0.370 e. The van der Waals surface area contributed by atoms with E-state index in [1.54, 1.807) is 0 Å². The monoisotopic (exact) mass is 342 g/mol. The van der Waals surface area contributed by atoms with Crippen molar-refractivity contribution in [2.45, 2.75) is 117 Å². The Morgan fingerprint density at radius 2 is 0.750 bits per heavy atom. The molecule has 0 aliphatic rings. The van der Waals surface area contributed by atoms with Crippen molar-refractivity contribution in [2.24, 2.45) is 11.5 Å². The zero-order valence-electron chi connectivity index (χ0n) is 16.3. The van der Waals surface area contributed by atoms with E-state index in [0.717, 1.165) is 25.7 Å². The Morgan fingerprint density at radius 1 is 0.500 bits per heavy atom. The van der Waals surface area contributed by atoms with Crippen LogP contribution >= 0.6 is 0 Å². The molecule has 0 aromatic heterocycles. The lowest BCUT2D eigenvalue weighted by atomic mass is 10.1. The van der Waals surface area contributed by atoms with E-state index >= 15 is 0 Å². The van der Waals surface area contributed by atoms with Gasteiger partial charge in [-0.25, -0.2) is 0 Å². The smallest absolute Gasteiger partial charge is 0.217 e. The number of nitrogens with two attached hydrogens (primary N) is 2. The molecule has 0 aliphatic carbocycles. The third-order valence-electron chi connectivity index (χ3n) is 4.05. The van der Waals surface area contributed by atoms with E-state index in [1.807, 2.05) is 0 Å². The number of carbonyl (C=O) groups is 2. The van der Waals surface area contributed by atoms with Crippen LogP contribution < -0.4 is 11.5 Å². The van der Waals surface area contributed by atoms with Crippen LogP contribution in [0.3, 0.4) is 0 Å². The second-order valence-electron chi connectivity index (χ2n) is 6.68. The summed E-state index contributed by atoms with van der Waals surface area (Å²) in [4.78, 5) is 20.7. The molecule has 0 saturated carbocycles. The summed E-state index contributed by atoms with van der Waals surface area (Å²) >= 11 is 0. The van der Waals surface area contributed by atoms with Crippen molar-refractivity contribution >= 4 is 11.8 Å². The molecule has 0 aromatic carbocycles. The number of hydrogen-bond donors (Lipinski definition) is 2. The van der Waals surface area contributed by atoms with Gasteiger partial charge in [0.25, 0.3) is 0 Å². The van der Waals surface area contributed by atoms with Crippen molar-refractivity contribution in [3.63, 3.8) is 0 Å². The van der Waals surface area contributed by atoms with E-state index in [-0.39, 0.29) is 11.8 Å². The van der Waals surface area contributed by atoms with Gasteiger partial charge in [-0.3, -0.25) is 9.59 Å². The fraction of sp³-hybridized carbons (Fsp3) is 0.900. The fourth-order valence-electron chi connectivity index (χ4n) is 2.51. The highest BCUT2D eigenvalue weighted by Crippen LogP contribution is 2.08. The van der Waals surface area contributed by atoms with Gasteiger partial charge in [0.05, 0.1) is 0 Å². The van der Waals surface area contributed by atoms with E-state index in [2.05, 4.69) is 13.8 Å². The van der Waals surface area contributed by atoms with Crippen LogP contribution in [-0.2, 0) is 9.59 Å². The molecule has 0 bridgehead atoms. The molecule has 2 amide bonds. The molecule has 24 heavy (non-hydrogen) atoms. The van der Waals surface area contributed by atoms with Crippen molar-refractivity contribution in [3.05, 3.63) is 0 Å². The number of carbonyl (C=O) groups excluding carboxylic acids is 2. The maximum atomic E-state index is 10.4. The third-order valence-corrected chi connectivity index (χ3v) is 4.05. The summed E-state index contributed by atoms with van der Waals surface area (Å²) in [6.45, 7) is 4.43. The lowest BCUT2D eigenvalue weighted by molar-refractivity contribution is -0.119. The van der Waals surface area contributed by atoms with Crippen LogP contribution in [0.4, 0.5) is 0 Å². The van der Waals surface area contributed by atoms with Crippen LogP contribution in [0.5, 0.6) is 0 Å². The van der Waals surface area contributed by atoms with E-state index in [9.17, 15) is 9.59 Å². The second kappa shape index (κ2) is 21.9. The third kappa shape index (κ3) is 29.0. The first-order valence-corrected chi connectivity index (χ1v) is 10.1. The molecule has 0 atom stereocenters. The Kier molecular flexibility index (Phi) is 23.0. The fourth-order valence-corrected chi connectivity index (χ4v) is 2.51. The molecule has 4 nitrogen and oxygen atoms in total. The highest BCUT2D eigenvalue weighted by atomic mass is 16.1. The molecule has 0 rings (SSSR count). The Balaban J connectivity index is 0. The predicted octanol–water partition coefficient (Wildman–Crippen LogP) is 5.22. The van der Waals surface area contributed by atoms with Crippen molar-refractivity contribution < 1.29 is 9.59 Å². The Bertz CT molecular complexity index is 253. The SMILES string of the molecule is CCCCCCCCCC(N)=O.CCCCCCCCCC(N)=O. The average Bonchev–Trinajstić information content (AvgIpc) is 2.53.